The molecule has 0 amide bonds. The Hall–Kier alpha value is -0.770. The monoisotopic (exact) mass is 215 g/mol. The van der Waals surface area contributed by atoms with E-state index >= 15 is 0 Å². The second-order valence-electron chi connectivity index (χ2n) is 4.24. The van der Waals surface area contributed by atoms with Crippen LogP contribution in [0.5, 0.6) is 0 Å². The van der Waals surface area contributed by atoms with Crippen LogP contribution in [-0.4, -0.2) is 23.1 Å². The van der Waals surface area contributed by atoms with E-state index in [1.165, 1.54) is 0 Å². The zero-order valence-electron chi connectivity index (χ0n) is 10.3. The summed E-state index contributed by atoms with van der Waals surface area (Å²) in [6.07, 6.45) is 2.75. The van der Waals surface area contributed by atoms with Crippen LogP contribution in [0.15, 0.2) is 5.16 Å². The summed E-state index contributed by atoms with van der Waals surface area (Å²) in [5.74, 6) is 0.942. The second-order valence-corrected chi connectivity index (χ2v) is 4.24. The summed E-state index contributed by atoms with van der Waals surface area (Å²) in [5.41, 5.74) is 5.49. The third-order valence-corrected chi connectivity index (χ3v) is 3.07. The third kappa shape index (κ3) is 5.62. The van der Waals surface area contributed by atoms with Gasteiger partial charge in [-0.3, -0.25) is 0 Å². The lowest BCUT2D eigenvalue weighted by Crippen LogP contribution is -2.41. The summed E-state index contributed by atoms with van der Waals surface area (Å²) in [7, 11) is 0. The van der Waals surface area contributed by atoms with E-state index in [-0.39, 0.29) is 0 Å². The molecule has 0 aromatic rings. The lowest BCUT2D eigenvalue weighted by molar-refractivity contribution is 0.311. The highest BCUT2D eigenvalue weighted by Crippen LogP contribution is 2.09. The maximum atomic E-state index is 8.50. The Kier molecular flexibility index (Phi) is 7.13. The first-order valence-electron chi connectivity index (χ1n) is 5.77. The Morgan fingerprint density at radius 3 is 2.33 bits per heavy atom. The summed E-state index contributed by atoms with van der Waals surface area (Å²) >= 11 is 0. The number of nitrogens with one attached hydrogen (secondary N) is 1. The summed E-state index contributed by atoms with van der Waals surface area (Å²) in [6.45, 7) is 8.70. The zero-order valence-corrected chi connectivity index (χ0v) is 10.3. The van der Waals surface area contributed by atoms with Gasteiger partial charge in [-0.2, -0.15) is 0 Å². The summed E-state index contributed by atoms with van der Waals surface area (Å²) in [6, 6.07) is 0.761. The normalized spacial score (nSPS) is 18.5. The van der Waals surface area contributed by atoms with Crippen molar-refractivity contribution >= 4 is 5.84 Å². The number of nitrogens with two attached hydrogens (primary N) is 1. The van der Waals surface area contributed by atoms with Crippen LogP contribution in [-0.2, 0) is 0 Å². The number of nitrogens with zero attached hydrogens (tertiary/aromatic N) is 1. The smallest absolute Gasteiger partial charge is 0.140 e. The average molecular weight is 215 g/mol. The van der Waals surface area contributed by atoms with Crippen molar-refractivity contribution in [1.29, 1.82) is 0 Å². The Morgan fingerprint density at radius 2 is 1.93 bits per heavy atom. The maximum absolute atomic E-state index is 8.50. The third-order valence-electron chi connectivity index (χ3n) is 3.07. The summed E-state index contributed by atoms with van der Waals surface area (Å²) < 4.78 is 0. The highest BCUT2D eigenvalue weighted by atomic mass is 16.4. The molecule has 0 heterocycles. The molecule has 0 spiro atoms. The molecule has 3 atom stereocenters. The number of hydrogen-bond donors (Lipinski definition) is 3. The van der Waals surface area contributed by atoms with Crippen LogP contribution in [0.4, 0.5) is 0 Å². The average Bonchev–Trinajstić information content (AvgIpc) is 2.26. The molecule has 0 aromatic carbocycles. The molecule has 0 rings (SSSR count). The minimum atomic E-state index is 0.296. The molecule has 4 nitrogen and oxygen atoms in total. The van der Waals surface area contributed by atoms with Gasteiger partial charge in [0.15, 0.2) is 0 Å². The van der Waals surface area contributed by atoms with Gasteiger partial charge in [0.05, 0.1) is 0 Å². The van der Waals surface area contributed by atoms with E-state index in [0.29, 0.717) is 30.3 Å². The summed E-state index contributed by atoms with van der Waals surface area (Å²) in [5, 5.41) is 15.0. The van der Waals surface area contributed by atoms with Crippen LogP contribution in [0, 0.1) is 5.92 Å². The Balaban J connectivity index is 4.09. The highest BCUT2D eigenvalue weighted by molar-refractivity contribution is 5.80. The van der Waals surface area contributed by atoms with Gasteiger partial charge in [-0.1, -0.05) is 32.3 Å². The molecule has 0 bridgehead atoms. The molecular weight excluding hydrogens is 190 g/mol. The van der Waals surface area contributed by atoms with Crippen molar-refractivity contribution in [3.8, 4) is 0 Å². The van der Waals surface area contributed by atoms with Gasteiger partial charge in [-0.15, -0.1) is 0 Å². The molecule has 3 unspecified atom stereocenters. The Bertz CT molecular complexity index is 194. The largest absolute Gasteiger partial charge is 0.409 e. The molecule has 0 aliphatic heterocycles. The molecule has 0 aliphatic rings. The van der Waals surface area contributed by atoms with Crippen molar-refractivity contribution < 1.29 is 5.21 Å². The minimum Gasteiger partial charge on any atom is -0.409 e. The number of rotatable bonds is 7. The van der Waals surface area contributed by atoms with Gasteiger partial charge < -0.3 is 16.3 Å². The highest BCUT2D eigenvalue weighted by Gasteiger charge is 2.15. The minimum absolute atomic E-state index is 0.296. The quantitative estimate of drug-likeness (QED) is 0.263. The topological polar surface area (TPSA) is 70.6 Å². The predicted molar refractivity (Wildman–Crippen MR) is 64.2 cm³/mol. The lowest BCUT2D eigenvalue weighted by Gasteiger charge is -2.25. The Labute approximate surface area is 92.9 Å². The van der Waals surface area contributed by atoms with Crippen LogP contribution in [0.25, 0.3) is 0 Å². The molecule has 90 valence electrons. The van der Waals surface area contributed by atoms with E-state index in [1.807, 2.05) is 0 Å². The van der Waals surface area contributed by atoms with E-state index < -0.39 is 0 Å². The standard InChI is InChI=1S/C11H25N3O/c1-5-8(3)9(4)13-10(6-2)7-11(12)14-15/h8-10,13,15H,5-7H2,1-4H3,(H2,12,14). The summed E-state index contributed by atoms with van der Waals surface area (Å²) in [4.78, 5) is 0. The number of oxime groups is 1. The molecule has 0 saturated carbocycles. The predicted octanol–water partition coefficient (Wildman–Crippen LogP) is 1.93. The van der Waals surface area contributed by atoms with Gasteiger partial charge in [-0.25, -0.2) is 0 Å². The molecule has 0 aromatic heterocycles. The van der Waals surface area contributed by atoms with Crippen LogP contribution >= 0.6 is 0 Å². The van der Waals surface area contributed by atoms with E-state index in [2.05, 4.69) is 38.2 Å². The van der Waals surface area contributed by atoms with E-state index in [9.17, 15) is 0 Å². The van der Waals surface area contributed by atoms with Gasteiger partial charge in [0.25, 0.3) is 0 Å². The van der Waals surface area contributed by atoms with Gasteiger partial charge >= 0.3 is 0 Å². The van der Waals surface area contributed by atoms with Gasteiger partial charge in [-0.05, 0) is 19.3 Å². The fourth-order valence-corrected chi connectivity index (χ4v) is 1.50. The molecule has 0 radical (unpaired) electrons. The Morgan fingerprint density at radius 1 is 1.33 bits per heavy atom. The van der Waals surface area contributed by atoms with Crippen LogP contribution in [0.3, 0.4) is 0 Å². The molecular formula is C11H25N3O. The van der Waals surface area contributed by atoms with Gasteiger partial charge in [0.2, 0.25) is 0 Å². The van der Waals surface area contributed by atoms with Crippen molar-refractivity contribution in [2.75, 3.05) is 0 Å². The fourth-order valence-electron chi connectivity index (χ4n) is 1.50. The zero-order chi connectivity index (χ0) is 11.8. The van der Waals surface area contributed by atoms with Crippen LogP contribution in [0.1, 0.15) is 47.0 Å². The van der Waals surface area contributed by atoms with E-state index in [1.54, 1.807) is 0 Å². The first-order chi connectivity index (χ1) is 7.04. The first kappa shape index (κ1) is 14.2. The van der Waals surface area contributed by atoms with Gasteiger partial charge in [0.1, 0.15) is 5.84 Å². The molecule has 4 N–H and O–H groups in total. The maximum Gasteiger partial charge on any atom is 0.140 e. The van der Waals surface area contributed by atoms with Crippen molar-refractivity contribution in [2.24, 2.45) is 16.8 Å². The van der Waals surface area contributed by atoms with E-state index in [4.69, 9.17) is 10.9 Å². The van der Waals surface area contributed by atoms with Crippen molar-refractivity contribution in [3.63, 3.8) is 0 Å². The fraction of sp³-hybridized carbons (Fsp3) is 0.909. The number of hydrogen-bond acceptors (Lipinski definition) is 3. The van der Waals surface area contributed by atoms with Crippen LogP contribution < -0.4 is 11.1 Å². The van der Waals surface area contributed by atoms with Crippen molar-refractivity contribution in [2.45, 2.75) is 59.0 Å². The molecule has 0 fully saturated rings. The molecule has 0 saturated heterocycles. The van der Waals surface area contributed by atoms with Crippen molar-refractivity contribution in [1.82, 2.24) is 5.32 Å². The first-order valence-corrected chi connectivity index (χ1v) is 5.77. The number of amidine groups is 1. The van der Waals surface area contributed by atoms with Crippen molar-refractivity contribution in [3.05, 3.63) is 0 Å². The lowest BCUT2D eigenvalue weighted by atomic mass is 9.99. The SMILES string of the molecule is CCC(CC(N)=NO)NC(C)C(C)CC. The molecule has 4 heteroatoms. The molecule has 15 heavy (non-hydrogen) atoms. The van der Waals surface area contributed by atoms with Crippen LogP contribution in [0.2, 0.25) is 0 Å². The second kappa shape index (κ2) is 7.51. The molecule has 0 aliphatic carbocycles. The van der Waals surface area contributed by atoms with Gasteiger partial charge in [0, 0.05) is 18.5 Å². The van der Waals surface area contributed by atoms with E-state index in [0.717, 1.165) is 12.8 Å².